The minimum Gasteiger partial charge on any atom is -0.382 e. The zero-order chi connectivity index (χ0) is 17.5. The first-order valence-electron chi connectivity index (χ1n) is 9.49. The number of nitrogens with zero attached hydrogens (tertiary/aromatic N) is 2. The van der Waals surface area contributed by atoms with Crippen molar-refractivity contribution >= 4 is 5.96 Å². The van der Waals surface area contributed by atoms with E-state index in [9.17, 15) is 0 Å². The molecule has 0 aromatic rings. The molecule has 0 aliphatic carbocycles. The van der Waals surface area contributed by atoms with Crippen LogP contribution in [0.15, 0.2) is 4.99 Å². The fourth-order valence-electron chi connectivity index (χ4n) is 2.68. The molecule has 1 N–H and O–H groups in total. The van der Waals surface area contributed by atoms with Gasteiger partial charge in [-0.05, 0) is 26.2 Å². The van der Waals surface area contributed by atoms with Crippen molar-refractivity contribution < 1.29 is 14.2 Å². The van der Waals surface area contributed by atoms with E-state index in [1.165, 1.54) is 6.42 Å². The third kappa shape index (κ3) is 9.45. The Balaban J connectivity index is 2.24. The average molecular weight is 344 g/mol. The molecule has 0 bridgehead atoms. The highest BCUT2D eigenvalue weighted by atomic mass is 16.5. The Morgan fingerprint density at radius 3 is 2.71 bits per heavy atom. The van der Waals surface area contributed by atoms with Gasteiger partial charge in [0.05, 0.1) is 19.8 Å². The van der Waals surface area contributed by atoms with Crippen molar-refractivity contribution in [3.8, 4) is 0 Å². The van der Waals surface area contributed by atoms with Crippen LogP contribution in [0.1, 0.15) is 39.5 Å². The van der Waals surface area contributed by atoms with E-state index in [1.54, 1.807) is 7.11 Å². The van der Waals surface area contributed by atoms with Gasteiger partial charge in [-0.3, -0.25) is 4.99 Å². The lowest BCUT2D eigenvalue weighted by molar-refractivity contribution is 0.0536. The van der Waals surface area contributed by atoms with E-state index in [-0.39, 0.29) is 0 Å². The number of hydrogen-bond donors (Lipinski definition) is 1. The van der Waals surface area contributed by atoms with Crippen molar-refractivity contribution in [2.24, 2.45) is 10.9 Å². The van der Waals surface area contributed by atoms with Crippen molar-refractivity contribution in [2.45, 2.75) is 39.5 Å². The lowest BCUT2D eigenvalue weighted by atomic mass is 10.1. The molecular weight excluding hydrogens is 306 g/mol. The lowest BCUT2D eigenvalue weighted by Gasteiger charge is -2.21. The number of guanidine groups is 1. The molecule has 0 radical (unpaired) electrons. The van der Waals surface area contributed by atoms with E-state index in [2.05, 4.69) is 24.1 Å². The Kier molecular flexibility index (Phi) is 12.8. The maximum atomic E-state index is 5.66. The molecule has 1 saturated heterocycles. The molecular formula is C18H37N3O3. The van der Waals surface area contributed by atoms with Crippen molar-refractivity contribution in [1.82, 2.24) is 10.2 Å². The first-order chi connectivity index (χ1) is 11.8. The van der Waals surface area contributed by atoms with Crippen molar-refractivity contribution in [3.63, 3.8) is 0 Å². The van der Waals surface area contributed by atoms with Gasteiger partial charge in [-0.15, -0.1) is 0 Å². The van der Waals surface area contributed by atoms with E-state index in [4.69, 9.17) is 19.2 Å². The molecule has 1 rings (SSSR count). The number of unbranched alkanes of at least 4 members (excludes halogenated alkanes) is 1. The Labute approximate surface area is 147 Å². The smallest absolute Gasteiger partial charge is 0.193 e. The molecule has 1 unspecified atom stereocenters. The van der Waals surface area contributed by atoms with Gasteiger partial charge in [0.1, 0.15) is 0 Å². The first-order valence-corrected chi connectivity index (χ1v) is 9.49. The second-order valence-electron chi connectivity index (χ2n) is 6.22. The number of likely N-dealkylation sites (tertiary alicyclic amines) is 1. The largest absolute Gasteiger partial charge is 0.382 e. The van der Waals surface area contributed by atoms with Crippen LogP contribution in [-0.4, -0.2) is 77.2 Å². The predicted molar refractivity (Wildman–Crippen MR) is 98.7 cm³/mol. The quantitative estimate of drug-likeness (QED) is 0.315. The Morgan fingerprint density at radius 1 is 1.12 bits per heavy atom. The summed E-state index contributed by atoms with van der Waals surface area (Å²) in [7, 11) is 1.70. The second-order valence-corrected chi connectivity index (χ2v) is 6.22. The fourth-order valence-corrected chi connectivity index (χ4v) is 2.68. The molecule has 1 heterocycles. The standard InChI is InChI=1S/C18H37N3O3/c1-4-6-11-23-12-7-9-20-18(19-5-2)21-10-8-17(15-21)16-24-14-13-22-3/h17H,4-16H2,1-3H3,(H,19,20). The molecule has 142 valence electrons. The van der Waals surface area contributed by atoms with Crippen molar-refractivity contribution in [3.05, 3.63) is 0 Å². The van der Waals surface area contributed by atoms with Gasteiger partial charge in [-0.2, -0.15) is 0 Å². The summed E-state index contributed by atoms with van der Waals surface area (Å²) >= 11 is 0. The van der Waals surface area contributed by atoms with Gasteiger partial charge >= 0.3 is 0 Å². The van der Waals surface area contributed by atoms with Crippen LogP contribution >= 0.6 is 0 Å². The molecule has 24 heavy (non-hydrogen) atoms. The fraction of sp³-hybridized carbons (Fsp3) is 0.944. The third-order valence-electron chi connectivity index (χ3n) is 4.06. The van der Waals surface area contributed by atoms with Crippen LogP contribution in [0, 0.1) is 5.92 Å². The molecule has 0 aromatic carbocycles. The van der Waals surface area contributed by atoms with Crippen molar-refractivity contribution in [1.29, 1.82) is 0 Å². The van der Waals surface area contributed by atoms with Gasteiger partial charge in [-0.1, -0.05) is 13.3 Å². The van der Waals surface area contributed by atoms with Crippen LogP contribution in [0.25, 0.3) is 0 Å². The monoisotopic (exact) mass is 343 g/mol. The summed E-state index contributed by atoms with van der Waals surface area (Å²) in [4.78, 5) is 7.10. The van der Waals surface area contributed by atoms with E-state index in [1.807, 2.05) is 0 Å². The van der Waals surface area contributed by atoms with Crippen LogP contribution in [-0.2, 0) is 14.2 Å². The van der Waals surface area contributed by atoms with Crippen LogP contribution in [0.3, 0.4) is 0 Å². The Morgan fingerprint density at radius 2 is 1.96 bits per heavy atom. The van der Waals surface area contributed by atoms with Gasteiger partial charge < -0.3 is 24.4 Å². The molecule has 6 nitrogen and oxygen atoms in total. The summed E-state index contributed by atoms with van der Waals surface area (Å²) in [5, 5.41) is 3.41. The summed E-state index contributed by atoms with van der Waals surface area (Å²) in [6.45, 7) is 11.9. The highest BCUT2D eigenvalue weighted by Crippen LogP contribution is 2.16. The van der Waals surface area contributed by atoms with E-state index in [0.717, 1.165) is 71.2 Å². The normalized spacial score (nSPS) is 18.4. The number of methoxy groups -OCH3 is 1. The first kappa shape index (κ1) is 21.2. The van der Waals surface area contributed by atoms with E-state index in [0.29, 0.717) is 19.1 Å². The summed E-state index contributed by atoms with van der Waals surface area (Å²) in [5.41, 5.74) is 0. The average Bonchev–Trinajstić information content (AvgIpc) is 3.06. The molecule has 1 aliphatic heterocycles. The molecule has 0 saturated carbocycles. The van der Waals surface area contributed by atoms with E-state index >= 15 is 0 Å². The lowest BCUT2D eigenvalue weighted by Crippen LogP contribution is -2.40. The van der Waals surface area contributed by atoms with Crippen LogP contribution in [0.5, 0.6) is 0 Å². The van der Waals surface area contributed by atoms with Crippen molar-refractivity contribution in [2.75, 3.05) is 66.3 Å². The van der Waals surface area contributed by atoms with Gasteiger partial charge in [0.2, 0.25) is 0 Å². The number of aliphatic imine (C=N–C) groups is 1. The number of hydrogen-bond acceptors (Lipinski definition) is 4. The number of ether oxygens (including phenoxy) is 3. The Hall–Kier alpha value is -0.850. The molecule has 1 aliphatic rings. The SMILES string of the molecule is CCCCOCCCN=C(NCC)N1CCC(COCCOC)C1. The summed E-state index contributed by atoms with van der Waals surface area (Å²) < 4.78 is 16.3. The number of nitrogens with one attached hydrogen (secondary N) is 1. The maximum absolute atomic E-state index is 5.66. The summed E-state index contributed by atoms with van der Waals surface area (Å²) in [6, 6.07) is 0. The van der Waals surface area contributed by atoms with Gasteiger partial charge in [0.15, 0.2) is 5.96 Å². The topological polar surface area (TPSA) is 55.3 Å². The highest BCUT2D eigenvalue weighted by Gasteiger charge is 2.24. The minimum atomic E-state index is 0.586. The van der Waals surface area contributed by atoms with Crippen LogP contribution < -0.4 is 5.32 Å². The predicted octanol–water partition coefficient (Wildman–Crippen LogP) is 2.14. The molecule has 1 atom stereocenters. The maximum Gasteiger partial charge on any atom is 0.193 e. The van der Waals surface area contributed by atoms with Gasteiger partial charge in [0, 0.05) is 52.4 Å². The minimum absolute atomic E-state index is 0.586. The third-order valence-corrected chi connectivity index (χ3v) is 4.06. The van der Waals surface area contributed by atoms with Crippen LogP contribution in [0.4, 0.5) is 0 Å². The Bertz CT molecular complexity index is 327. The molecule has 0 amide bonds. The zero-order valence-electron chi connectivity index (χ0n) is 15.9. The molecule has 6 heteroatoms. The van der Waals surface area contributed by atoms with Gasteiger partial charge in [0.25, 0.3) is 0 Å². The molecule has 0 spiro atoms. The van der Waals surface area contributed by atoms with E-state index < -0.39 is 0 Å². The molecule has 0 aromatic heterocycles. The number of rotatable bonds is 13. The van der Waals surface area contributed by atoms with Crippen LogP contribution in [0.2, 0.25) is 0 Å². The molecule has 1 fully saturated rings. The summed E-state index contributed by atoms with van der Waals surface area (Å²) in [5.74, 6) is 1.62. The zero-order valence-corrected chi connectivity index (χ0v) is 15.9. The summed E-state index contributed by atoms with van der Waals surface area (Å²) in [6.07, 6.45) is 4.48. The van der Waals surface area contributed by atoms with Gasteiger partial charge in [-0.25, -0.2) is 0 Å². The second kappa shape index (κ2) is 14.5. The highest BCUT2D eigenvalue weighted by molar-refractivity contribution is 5.80.